The number of carboxylic acid groups (broad SMARTS) is 1. The highest BCUT2D eigenvalue weighted by Crippen LogP contribution is 2.55. The molecule has 13 heteroatoms. The van der Waals surface area contributed by atoms with Crippen molar-refractivity contribution < 1.29 is 28.6 Å². The molecule has 2 bridgehead atoms. The van der Waals surface area contributed by atoms with Crippen LogP contribution in [0.4, 0.5) is 9.18 Å². The molecule has 3 saturated carbocycles. The highest BCUT2D eigenvalue weighted by molar-refractivity contribution is 7.11. The number of piperazine rings is 1. The molecule has 0 spiro atoms. The molecule has 8 rings (SSSR count). The Morgan fingerprint density at radius 2 is 1.91 bits per heavy atom. The number of nitrogens with one attached hydrogen (secondary N) is 1. The molecule has 1 aromatic carbocycles. The van der Waals surface area contributed by atoms with E-state index in [1.165, 1.54) is 17.4 Å². The van der Waals surface area contributed by atoms with Gasteiger partial charge in [-0.05, 0) is 69.6 Å². The summed E-state index contributed by atoms with van der Waals surface area (Å²) in [6.07, 6.45) is 5.74. The van der Waals surface area contributed by atoms with Gasteiger partial charge in [0.25, 0.3) is 0 Å². The van der Waals surface area contributed by atoms with E-state index < -0.39 is 23.4 Å². The summed E-state index contributed by atoms with van der Waals surface area (Å²) in [5.41, 5.74) is 1.08. The Morgan fingerprint density at radius 1 is 1.15 bits per heavy atom. The van der Waals surface area contributed by atoms with E-state index in [0.717, 1.165) is 19.3 Å². The maximum atomic E-state index is 14.8. The zero-order chi connectivity index (χ0) is 32.2. The van der Waals surface area contributed by atoms with Gasteiger partial charge in [-0.1, -0.05) is 12.1 Å². The van der Waals surface area contributed by atoms with Crippen LogP contribution < -0.4 is 5.32 Å². The van der Waals surface area contributed by atoms with Crippen LogP contribution in [-0.4, -0.2) is 99.5 Å². The smallest absolute Gasteiger partial charge is 0.338 e. The van der Waals surface area contributed by atoms with Gasteiger partial charge in [0.1, 0.15) is 11.9 Å². The number of esters is 1. The third-order valence-electron chi connectivity index (χ3n) is 10.9. The van der Waals surface area contributed by atoms with Crippen molar-refractivity contribution in [1.29, 1.82) is 0 Å². The number of carboxylic acids is 1. The number of aliphatic imine (C=N–C) groups is 1. The second-order valence-corrected chi connectivity index (χ2v) is 14.1. The number of fused-ring (bicyclic) bond motifs is 4. The summed E-state index contributed by atoms with van der Waals surface area (Å²) >= 11 is 1.42. The fourth-order valence-corrected chi connectivity index (χ4v) is 8.78. The van der Waals surface area contributed by atoms with E-state index in [4.69, 9.17) is 9.73 Å². The number of hydrogen-bond acceptors (Lipinski definition) is 9. The van der Waals surface area contributed by atoms with Gasteiger partial charge >= 0.3 is 18.0 Å². The zero-order valence-electron chi connectivity index (χ0n) is 26.1. The van der Waals surface area contributed by atoms with Crippen LogP contribution in [0.25, 0.3) is 0 Å². The summed E-state index contributed by atoms with van der Waals surface area (Å²) in [5.74, 6) is -1.07. The summed E-state index contributed by atoms with van der Waals surface area (Å²) in [4.78, 5) is 54.9. The molecule has 2 unspecified atom stereocenters. The predicted molar refractivity (Wildman–Crippen MR) is 169 cm³/mol. The third-order valence-corrected chi connectivity index (χ3v) is 11.7. The molecule has 2 saturated heterocycles. The molecule has 1 aromatic heterocycles. The number of carbonyl (C=O) groups is 3. The number of nitrogens with zero attached hydrogens (tertiary/aromatic N) is 5. The first kappa shape index (κ1) is 30.8. The van der Waals surface area contributed by atoms with Crippen LogP contribution in [0.3, 0.4) is 0 Å². The second kappa shape index (κ2) is 11.8. The van der Waals surface area contributed by atoms with Gasteiger partial charge in [-0.25, -0.2) is 19.0 Å². The molecular weight excluding hydrogens is 611 g/mol. The Kier molecular flexibility index (Phi) is 7.87. The molecule has 3 aliphatic heterocycles. The molecule has 4 heterocycles. The molecule has 5 fully saturated rings. The Hall–Kier alpha value is -3.84. The van der Waals surface area contributed by atoms with Crippen molar-refractivity contribution in [2.45, 2.75) is 70.0 Å². The molecule has 2 aromatic rings. The Morgan fingerprint density at radius 3 is 2.59 bits per heavy atom. The molecule has 2 amide bonds. The Balaban J connectivity index is 1.16. The van der Waals surface area contributed by atoms with Crippen molar-refractivity contribution >= 4 is 35.1 Å². The first-order valence-corrected chi connectivity index (χ1v) is 17.0. The average Bonchev–Trinajstić information content (AvgIpc) is 3.72. The molecule has 46 heavy (non-hydrogen) atoms. The van der Waals surface area contributed by atoms with Crippen molar-refractivity contribution in [1.82, 2.24) is 25.0 Å². The van der Waals surface area contributed by atoms with Crippen LogP contribution in [0.2, 0.25) is 0 Å². The van der Waals surface area contributed by atoms with Gasteiger partial charge in [0.2, 0.25) is 0 Å². The second-order valence-electron chi connectivity index (χ2n) is 13.2. The molecule has 6 aliphatic rings. The molecule has 2 atom stereocenters. The lowest BCUT2D eigenvalue weighted by molar-refractivity contribution is -0.158. The van der Waals surface area contributed by atoms with Crippen LogP contribution in [0.1, 0.15) is 67.6 Å². The Bertz CT molecular complexity index is 1600. The van der Waals surface area contributed by atoms with Crippen molar-refractivity contribution in [3.05, 3.63) is 63.0 Å². The minimum absolute atomic E-state index is 0.0210. The summed E-state index contributed by atoms with van der Waals surface area (Å²) in [6, 6.07) is 4.06. The van der Waals surface area contributed by atoms with Crippen molar-refractivity contribution in [2.24, 2.45) is 10.4 Å². The number of rotatable bonds is 8. The number of amides is 2. The maximum absolute atomic E-state index is 14.8. The molecule has 3 aliphatic carbocycles. The molecule has 2 N–H and O–H groups in total. The zero-order valence-corrected chi connectivity index (χ0v) is 26.9. The first-order valence-electron chi connectivity index (χ1n) is 16.1. The van der Waals surface area contributed by atoms with Gasteiger partial charge < -0.3 is 25.0 Å². The average molecular weight is 651 g/mol. The van der Waals surface area contributed by atoms with E-state index in [1.54, 1.807) is 32.2 Å². The van der Waals surface area contributed by atoms with E-state index >= 15 is 0 Å². The SMILES string of the molecule is CCOC(=O)C1=C(CN2CCN3C(=O)N(C45CCC(C(=O)O)(CC4)CC5)CC3C2)NC(c2nccs2)=NC1c1cccc(F)c1C. The van der Waals surface area contributed by atoms with Crippen LogP contribution in [-0.2, 0) is 14.3 Å². The van der Waals surface area contributed by atoms with Crippen LogP contribution >= 0.6 is 11.3 Å². The summed E-state index contributed by atoms with van der Waals surface area (Å²) in [5, 5.41) is 15.8. The summed E-state index contributed by atoms with van der Waals surface area (Å²) < 4.78 is 20.3. The number of ether oxygens (including phenoxy) is 1. The number of aliphatic carboxylic acids is 1. The monoisotopic (exact) mass is 650 g/mol. The van der Waals surface area contributed by atoms with E-state index in [2.05, 4.69) is 15.2 Å². The molecule has 11 nitrogen and oxygen atoms in total. The van der Waals surface area contributed by atoms with Gasteiger partial charge in [0.15, 0.2) is 10.8 Å². The predicted octanol–water partition coefficient (Wildman–Crippen LogP) is 4.10. The number of amidine groups is 1. The fourth-order valence-electron chi connectivity index (χ4n) is 8.19. The number of halogens is 1. The standard InChI is InChI=1S/C33H39FN6O5S/c1-3-45-29(41)25-24(36-27(28-35-13-16-46-28)37-26(25)22-5-4-6-23(34)20(22)2)19-38-14-15-39-21(17-38)18-40(31(39)44)33-10-7-32(8-11-33,9-12-33)30(42)43/h4-6,13,16,21,26H,3,7-12,14-15,17-19H2,1-2H3,(H,36,37)(H,42,43). The van der Waals surface area contributed by atoms with Gasteiger partial charge in [-0.2, -0.15) is 0 Å². The van der Waals surface area contributed by atoms with E-state index in [9.17, 15) is 23.9 Å². The third kappa shape index (κ3) is 5.07. The summed E-state index contributed by atoms with van der Waals surface area (Å²) in [7, 11) is 0. The lowest BCUT2D eigenvalue weighted by atomic mass is 9.57. The minimum atomic E-state index is -0.788. The van der Waals surface area contributed by atoms with Gasteiger partial charge in [-0.3, -0.25) is 14.7 Å². The van der Waals surface area contributed by atoms with Crippen molar-refractivity contribution in [2.75, 3.05) is 39.3 Å². The van der Waals surface area contributed by atoms with Crippen molar-refractivity contribution in [3.8, 4) is 0 Å². The van der Waals surface area contributed by atoms with Gasteiger partial charge in [-0.15, -0.1) is 11.3 Å². The first-order chi connectivity index (χ1) is 22.1. The molecule has 0 radical (unpaired) electrons. The quantitative estimate of drug-likeness (QED) is 0.409. The van der Waals surface area contributed by atoms with E-state index in [0.29, 0.717) is 85.2 Å². The number of benzene rings is 1. The number of hydrogen-bond donors (Lipinski definition) is 2. The number of aromatic nitrogens is 1. The number of carbonyl (C=O) groups excluding carboxylic acids is 2. The highest BCUT2D eigenvalue weighted by Gasteiger charge is 2.58. The number of thiazole rings is 1. The molecule has 244 valence electrons. The minimum Gasteiger partial charge on any atom is -0.481 e. The summed E-state index contributed by atoms with van der Waals surface area (Å²) in [6.45, 7) is 6.39. The molecular formula is C33H39FN6O5S. The van der Waals surface area contributed by atoms with E-state index in [1.807, 2.05) is 15.2 Å². The van der Waals surface area contributed by atoms with Crippen molar-refractivity contribution in [3.63, 3.8) is 0 Å². The fraction of sp³-hybridized carbons (Fsp3) is 0.545. The Labute approximate surface area is 271 Å². The lowest BCUT2D eigenvalue weighted by Crippen LogP contribution is -2.59. The van der Waals surface area contributed by atoms with Crippen LogP contribution in [0.15, 0.2) is 46.0 Å². The van der Waals surface area contributed by atoms with Crippen LogP contribution in [0.5, 0.6) is 0 Å². The van der Waals surface area contributed by atoms with Crippen LogP contribution in [0, 0.1) is 18.2 Å². The largest absolute Gasteiger partial charge is 0.481 e. The van der Waals surface area contributed by atoms with Gasteiger partial charge in [0.05, 0.1) is 23.6 Å². The lowest BCUT2D eigenvalue weighted by Gasteiger charge is -2.54. The maximum Gasteiger partial charge on any atom is 0.338 e. The topological polar surface area (TPSA) is 128 Å². The number of urea groups is 1. The normalized spacial score (nSPS) is 29.5. The van der Waals surface area contributed by atoms with E-state index in [-0.39, 0.29) is 30.0 Å². The highest BCUT2D eigenvalue weighted by atomic mass is 32.1. The van der Waals surface area contributed by atoms with Gasteiger partial charge in [0, 0.05) is 55.5 Å².